The summed E-state index contributed by atoms with van der Waals surface area (Å²) >= 11 is 0. The van der Waals surface area contributed by atoms with Crippen molar-refractivity contribution in [2.75, 3.05) is 6.54 Å². The normalized spacial score (nSPS) is 15.7. The van der Waals surface area contributed by atoms with Crippen molar-refractivity contribution < 1.29 is 0 Å². The Balaban J connectivity index is 3.40. The van der Waals surface area contributed by atoms with Crippen LogP contribution in [0.2, 0.25) is 0 Å². The number of unbranched alkanes of at least 4 members (excludes halogenated alkanes) is 3. The van der Waals surface area contributed by atoms with E-state index in [4.69, 9.17) is 5.73 Å². The van der Waals surface area contributed by atoms with Crippen molar-refractivity contribution in [3.63, 3.8) is 0 Å². The fourth-order valence-corrected chi connectivity index (χ4v) is 2.54. The summed E-state index contributed by atoms with van der Waals surface area (Å²) in [5.74, 6) is 1.62. The maximum atomic E-state index is 5.72. The third kappa shape index (κ3) is 9.70. The van der Waals surface area contributed by atoms with Crippen LogP contribution in [0, 0.1) is 11.8 Å². The van der Waals surface area contributed by atoms with Crippen LogP contribution < -0.4 is 5.73 Å². The molecule has 0 saturated heterocycles. The van der Waals surface area contributed by atoms with Gasteiger partial charge in [0, 0.05) is 0 Å². The molecule has 2 atom stereocenters. The highest BCUT2D eigenvalue weighted by atomic mass is 14.5. The summed E-state index contributed by atoms with van der Waals surface area (Å²) in [4.78, 5) is 0. The molecule has 0 amide bonds. The zero-order chi connectivity index (χ0) is 13.8. The van der Waals surface area contributed by atoms with Crippen molar-refractivity contribution in [2.24, 2.45) is 17.6 Å². The van der Waals surface area contributed by atoms with Crippen LogP contribution in [0.15, 0.2) is 11.6 Å². The number of hydrogen-bond donors (Lipinski definition) is 1. The van der Waals surface area contributed by atoms with Gasteiger partial charge in [0.1, 0.15) is 0 Å². The Morgan fingerprint density at radius 3 is 2.22 bits per heavy atom. The molecule has 0 aliphatic carbocycles. The second kappa shape index (κ2) is 11.8. The van der Waals surface area contributed by atoms with Gasteiger partial charge in [-0.25, -0.2) is 0 Å². The molecule has 0 bridgehead atoms. The molecule has 2 N–H and O–H groups in total. The zero-order valence-corrected chi connectivity index (χ0v) is 13.2. The second-order valence-corrected chi connectivity index (χ2v) is 5.95. The van der Waals surface area contributed by atoms with E-state index in [2.05, 4.69) is 33.8 Å². The number of rotatable bonds is 11. The van der Waals surface area contributed by atoms with Gasteiger partial charge < -0.3 is 5.73 Å². The highest BCUT2D eigenvalue weighted by Crippen LogP contribution is 2.19. The van der Waals surface area contributed by atoms with Crippen molar-refractivity contribution in [3.8, 4) is 0 Å². The van der Waals surface area contributed by atoms with Crippen LogP contribution >= 0.6 is 0 Å². The molecule has 0 saturated carbocycles. The molecule has 0 aromatic rings. The molecule has 0 radical (unpaired) electrons. The fraction of sp³-hybridized carbons (Fsp3) is 0.882. The molecule has 0 fully saturated rings. The fourth-order valence-electron chi connectivity index (χ4n) is 2.54. The Kier molecular flexibility index (Phi) is 11.6. The third-order valence-corrected chi connectivity index (χ3v) is 4.13. The van der Waals surface area contributed by atoms with Gasteiger partial charge >= 0.3 is 0 Å². The predicted molar refractivity (Wildman–Crippen MR) is 83.7 cm³/mol. The Morgan fingerprint density at radius 1 is 1.11 bits per heavy atom. The lowest BCUT2D eigenvalue weighted by Gasteiger charge is -2.13. The van der Waals surface area contributed by atoms with Crippen LogP contribution in [0.4, 0.5) is 0 Å². The van der Waals surface area contributed by atoms with E-state index >= 15 is 0 Å². The first kappa shape index (κ1) is 17.7. The van der Waals surface area contributed by atoms with Crippen molar-refractivity contribution in [1.29, 1.82) is 0 Å². The Morgan fingerprint density at radius 2 is 1.72 bits per heavy atom. The van der Waals surface area contributed by atoms with Gasteiger partial charge in [-0.1, -0.05) is 64.0 Å². The van der Waals surface area contributed by atoms with Gasteiger partial charge in [0.25, 0.3) is 0 Å². The highest BCUT2D eigenvalue weighted by Gasteiger charge is 2.04. The third-order valence-electron chi connectivity index (χ3n) is 4.13. The molecule has 0 aliphatic rings. The average molecular weight is 253 g/mol. The summed E-state index contributed by atoms with van der Waals surface area (Å²) in [5, 5.41) is 0. The van der Waals surface area contributed by atoms with E-state index in [1.165, 1.54) is 56.9 Å². The van der Waals surface area contributed by atoms with Crippen LogP contribution in [0.5, 0.6) is 0 Å². The molecular weight excluding hydrogens is 218 g/mol. The molecule has 0 heterocycles. The molecule has 18 heavy (non-hydrogen) atoms. The largest absolute Gasteiger partial charge is 0.330 e. The van der Waals surface area contributed by atoms with Crippen molar-refractivity contribution >= 4 is 0 Å². The summed E-state index contributed by atoms with van der Waals surface area (Å²) in [6.07, 6.45) is 13.1. The molecule has 0 aliphatic heterocycles. The van der Waals surface area contributed by atoms with Gasteiger partial charge in [-0.15, -0.1) is 0 Å². The molecule has 2 unspecified atom stereocenters. The first-order valence-corrected chi connectivity index (χ1v) is 7.95. The molecule has 0 spiro atoms. The Hall–Kier alpha value is -0.300. The predicted octanol–water partition coefficient (Wildman–Crippen LogP) is 5.30. The number of nitrogens with two attached hydrogens (primary N) is 1. The lowest BCUT2D eigenvalue weighted by molar-refractivity contribution is 0.435. The highest BCUT2D eigenvalue weighted by molar-refractivity contribution is 4.96. The first-order valence-electron chi connectivity index (χ1n) is 7.95. The summed E-state index contributed by atoms with van der Waals surface area (Å²) in [7, 11) is 0. The summed E-state index contributed by atoms with van der Waals surface area (Å²) in [6.45, 7) is 9.89. The van der Waals surface area contributed by atoms with Crippen LogP contribution in [0.1, 0.15) is 79.1 Å². The minimum Gasteiger partial charge on any atom is -0.330 e. The summed E-state index contributed by atoms with van der Waals surface area (Å²) < 4.78 is 0. The average Bonchev–Trinajstić information content (AvgIpc) is 2.37. The van der Waals surface area contributed by atoms with Gasteiger partial charge in [-0.2, -0.15) is 0 Å². The second-order valence-electron chi connectivity index (χ2n) is 5.95. The standard InChI is InChI=1S/C17H35N/c1-5-15(3)13-16(4)11-9-7-8-10-12-17(6-2)14-18/h5,16-17H,6-14,18H2,1-4H3/b15-5-. The molecule has 0 aromatic heterocycles. The van der Waals surface area contributed by atoms with Crippen molar-refractivity contribution in [3.05, 3.63) is 11.6 Å². The van der Waals surface area contributed by atoms with E-state index in [-0.39, 0.29) is 0 Å². The van der Waals surface area contributed by atoms with E-state index in [0.717, 1.165) is 18.4 Å². The molecule has 1 heteroatoms. The van der Waals surface area contributed by atoms with Crippen LogP contribution in [-0.4, -0.2) is 6.54 Å². The smallest absolute Gasteiger partial charge is 0.00490 e. The molecule has 0 rings (SSSR count). The Bertz CT molecular complexity index is 204. The maximum absolute atomic E-state index is 5.72. The van der Waals surface area contributed by atoms with Crippen LogP contribution in [-0.2, 0) is 0 Å². The van der Waals surface area contributed by atoms with Crippen molar-refractivity contribution in [1.82, 2.24) is 0 Å². The van der Waals surface area contributed by atoms with Gasteiger partial charge in [0.05, 0.1) is 0 Å². The van der Waals surface area contributed by atoms with Gasteiger partial charge in [-0.3, -0.25) is 0 Å². The molecule has 0 aromatic carbocycles. The Labute approximate surface area is 115 Å². The lowest BCUT2D eigenvalue weighted by atomic mass is 9.94. The maximum Gasteiger partial charge on any atom is -0.00490 e. The van der Waals surface area contributed by atoms with E-state index in [1.807, 2.05) is 0 Å². The monoisotopic (exact) mass is 253 g/mol. The van der Waals surface area contributed by atoms with Crippen molar-refractivity contribution in [2.45, 2.75) is 79.1 Å². The van der Waals surface area contributed by atoms with Gasteiger partial charge in [0.15, 0.2) is 0 Å². The van der Waals surface area contributed by atoms with Crippen LogP contribution in [0.3, 0.4) is 0 Å². The lowest BCUT2D eigenvalue weighted by Crippen LogP contribution is -2.13. The first-order chi connectivity index (χ1) is 8.63. The SMILES string of the molecule is C/C=C(/C)CC(C)CCCCCCC(CC)CN. The van der Waals surface area contributed by atoms with E-state index < -0.39 is 0 Å². The topological polar surface area (TPSA) is 26.0 Å². The number of hydrogen-bond acceptors (Lipinski definition) is 1. The number of allylic oxidation sites excluding steroid dienone is 2. The van der Waals surface area contributed by atoms with Crippen LogP contribution in [0.25, 0.3) is 0 Å². The molecular formula is C17H35N. The summed E-state index contributed by atoms with van der Waals surface area (Å²) in [6, 6.07) is 0. The van der Waals surface area contributed by atoms with Gasteiger partial charge in [-0.05, 0) is 45.1 Å². The minimum absolute atomic E-state index is 0.765. The van der Waals surface area contributed by atoms with Gasteiger partial charge in [0.2, 0.25) is 0 Å². The van der Waals surface area contributed by atoms with E-state index in [9.17, 15) is 0 Å². The quantitative estimate of drug-likeness (QED) is 0.392. The van der Waals surface area contributed by atoms with E-state index in [1.54, 1.807) is 0 Å². The summed E-state index contributed by atoms with van der Waals surface area (Å²) in [5.41, 5.74) is 7.26. The zero-order valence-electron chi connectivity index (χ0n) is 13.2. The van der Waals surface area contributed by atoms with E-state index in [0.29, 0.717) is 0 Å². The molecule has 108 valence electrons. The minimum atomic E-state index is 0.765. The molecule has 1 nitrogen and oxygen atoms in total.